The van der Waals surface area contributed by atoms with Crippen LogP contribution in [0.4, 0.5) is 5.69 Å². The fraction of sp³-hybridized carbons (Fsp3) is 0.154. The second kappa shape index (κ2) is 8.88. The fourth-order valence-electron chi connectivity index (χ4n) is 3.75. The lowest BCUT2D eigenvalue weighted by molar-refractivity contribution is -0.129. The number of benzene rings is 3. The van der Waals surface area contributed by atoms with Gasteiger partial charge in [0, 0.05) is 13.1 Å². The van der Waals surface area contributed by atoms with Gasteiger partial charge in [-0.25, -0.2) is 0 Å². The van der Waals surface area contributed by atoms with Gasteiger partial charge in [0.15, 0.2) is 5.75 Å². The van der Waals surface area contributed by atoms with Crippen molar-refractivity contribution in [1.29, 1.82) is 0 Å². The zero-order chi connectivity index (χ0) is 21.8. The molecule has 0 unspecified atom stereocenters. The summed E-state index contributed by atoms with van der Waals surface area (Å²) in [5.74, 6) is 0.970. The average molecular weight is 412 g/mol. The molecule has 31 heavy (non-hydrogen) atoms. The van der Waals surface area contributed by atoms with Crippen molar-refractivity contribution in [2.75, 3.05) is 5.32 Å². The van der Waals surface area contributed by atoms with Crippen molar-refractivity contribution >= 4 is 23.6 Å². The van der Waals surface area contributed by atoms with E-state index in [1.165, 1.54) is 6.92 Å². The molecule has 3 aromatic rings. The molecular formula is C26H24N2O3. The molecule has 1 N–H and O–H groups in total. The van der Waals surface area contributed by atoms with Gasteiger partial charge in [0.25, 0.3) is 0 Å². The monoisotopic (exact) mass is 412 g/mol. The molecule has 1 aliphatic rings. The summed E-state index contributed by atoms with van der Waals surface area (Å²) in [4.78, 5) is 26.8. The fourth-order valence-corrected chi connectivity index (χ4v) is 3.75. The third-order valence-corrected chi connectivity index (χ3v) is 5.23. The van der Waals surface area contributed by atoms with Crippen LogP contribution in [0.2, 0.25) is 0 Å². The van der Waals surface area contributed by atoms with Crippen LogP contribution in [0.3, 0.4) is 0 Å². The molecule has 0 fully saturated rings. The maximum atomic E-state index is 13.0. The Morgan fingerprint density at radius 1 is 1.00 bits per heavy atom. The largest absolute Gasteiger partial charge is 0.455 e. The molecule has 1 atom stereocenters. The summed E-state index contributed by atoms with van der Waals surface area (Å²) in [5, 5.41) is 2.96. The number of rotatable bonds is 5. The smallest absolute Gasteiger partial charge is 0.226 e. The first-order valence-electron chi connectivity index (χ1n) is 10.2. The van der Waals surface area contributed by atoms with Gasteiger partial charge in [-0.05, 0) is 54.0 Å². The lowest BCUT2D eigenvalue weighted by atomic mass is 9.93. The minimum absolute atomic E-state index is 0.105. The number of ether oxygens (including phenoxy) is 1. The van der Waals surface area contributed by atoms with Crippen molar-refractivity contribution in [3.05, 3.63) is 95.7 Å². The molecule has 3 aromatic carbocycles. The van der Waals surface area contributed by atoms with Crippen molar-refractivity contribution < 1.29 is 14.3 Å². The maximum Gasteiger partial charge on any atom is 0.226 e. The molecule has 0 aromatic heterocycles. The number of carbonyl (C=O) groups excluding carboxylic acids is 2. The second-order valence-electron chi connectivity index (χ2n) is 7.55. The van der Waals surface area contributed by atoms with E-state index in [9.17, 15) is 9.59 Å². The van der Waals surface area contributed by atoms with Crippen LogP contribution in [0.25, 0.3) is 6.08 Å². The van der Waals surface area contributed by atoms with Crippen LogP contribution >= 0.6 is 0 Å². The van der Waals surface area contributed by atoms with E-state index in [4.69, 9.17) is 4.74 Å². The lowest BCUT2D eigenvalue weighted by Crippen LogP contribution is -2.33. The van der Waals surface area contributed by atoms with Crippen LogP contribution in [0.5, 0.6) is 11.5 Å². The van der Waals surface area contributed by atoms with E-state index in [0.717, 1.165) is 16.7 Å². The highest BCUT2D eigenvalue weighted by Gasteiger charge is 2.28. The summed E-state index contributed by atoms with van der Waals surface area (Å²) >= 11 is 0. The molecule has 5 nitrogen and oxygen atoms in total. The van der Waals surface area contributed by atoms with Crippen LogP contribution in [0, 0.1) is 6.92 Å². The lowest BCUT2D eigenvalue weighted by Gasteiger charge is -2.32. The molecule has 0 saturated heterocycles. The Labute approximate surface area is 182 Å². The van der Waals surface area contributed by atoms with Crippen LogP contribution < -0.4 is 10.1 Å². The maximum absolute atomic E-state index is 13.0. The molecule has 0 aliphatic carbocycles. The van der Waals surface area contributed by atoms with E-state index < -0.39 is 0 Å². The zero-order valence-electron chi connectivity index (χ0n) is 17.5. The minimum atomic E-state index is -0.358. The second-order valence-corrected chi connectivity index (χ2v) is 7.55. The van der Waals surface area contributed by atoms with E-state index in [1.54, 1.807) is 17.2 Å². The summed E-state index contributed by atoms with van der Waals surface area (Å²) in [5.41, 5.74) is 3.65. The van der Waals surface area contributed by atoms with E-state index >= 15 is 0 Å². The van der Waals surface area contributed by atoms with E-state index in [0.29, 0.717) is 17.2 Å². The third kappa shape index (κ3) is 4.67. The van der Waals surface area contributed by atoms with Crippen LogP contribution in [0.15, 0.2) is 79.0 Å². The van der Waals surface area contributed by atoms with Crippen LogP contribution in [-0.2, 0) is 9.59 Å². The summed E-state index contributed by atoms with van der Waals surface area (Å²) in [6.45, 7) is 3.51. The van der Waals surface area contributed by atoms with Gasteiger partial charge in [-0.15, -0.1) is 0 Å². The van der Waals surface area contributed by atoms with Gasteiger partial charge in [0.1, 0.15) is 5.75 Å². The van der Waals surface area contributed by atoms with E-state index in [2.05, 4.69) is 5.32 Å². The highest BCUT2D eigenvalue weighted by atomic mass is 16.5. The number of anilines is 1. The Hall–Kier alpha value is -3.86. The molecule has 2 amide bonds. The van der Waals surface area contributed by atoms with Gasteiger partial charge >= 0.3 is 0 Å². The Morgan fingerprint density at radius 2 is 1.77 bits per heavy atom. The number of hydrogen-bond donors (Lipinski definition) is 1. The molecule has 5 heteroatoms. The number of hydrogen-bond acceptors (Lipinski definition) is 3. The number of para-hydroxylation sites is 2. The van der Waals surface area contributed by atoms with Crippen molar-refractivity contribution in [2.45, 2.75) is 26.3 Å². The molecule has 1 aliphatic heterocycles. The van der Waals surface area contributed by atoms with Gasteiger partial charge in [0.2, 0.25) is 11.8 Å². The van der Waals surface area contributed by atoms with Crippen molar-refractivity contribution in [3.8, 4) is 11.5 Å². The number of fused-ring (bicyclic) bond motifs is 1. The quantitative estimate of drug-likeness (QED) is 0.586. The third-order valence-electron chi connectivity index (χ3n) is 5.23. The number of aryl methyl sites for hydroxylation is 1. The SMILES string of the molecule is CC(=O)N1C=Cc2ccccc2[C@@H]1CC(=O)Nc1ccccc1Oc1cccc(C)c1. The van der Waals surface area contributed by atoms with Gasteiger partial charge in [-0.2, -0.15) is 0 Å². The molecule has 0 spiro atoms. The summed E-state index contributed by atoms with van der Waals surface area (Å²) in [7, 11) is 0. The Morgan fingerprint density at radius 3 is 2.58 bits per heavy atom. The van der Waals surface area contributed by atoms with E-state index in [1.807, 2.05) is 79.7 Å². The van der Waals surface area contributed by atoms with Crippen LogP contribution in [0.1, 0.15) is 36.1 Å². The number of amides is 2. The highest BCUT2D eigenvalue weighted by Crippen LogP contribution is 2.34. The minimum Gasteiger partial charge on any atom is -0.455 e. The first-order valence-corrected chi connectivity index (χ1v) is 10.2. The van der Waals surface area contributed by atoms with Crippen molar-refractivity contribution in [3.63, 3.8) is 0 Å². The summed E-state index contributed by atoms with van der Waals surface area (Å²) in [6.07, 6.45) is 3.78. The number of nitrogens with one attached hydrogen (secondary N) is 1. The first-order chi connectivity index (χ1) is 15.0. The predicted molar refractivity (Wildman–Crippen MR) is 122 cm³/mol. The molecule has 156 valence electrons. The summed E-state index contributed by atoms with van der Waals surface area (Å²) in [6, 6.07) is 22.5. The van der Waals surface area contributed by atoms with Crippen molar-refractivity contribution in [1.82, 2.24) is 4.90 Å². The normalized spacial score (nSPS) is 14.6. The summed E-state index contributed by atoms with van der Waals surface area (Å²) < 4.78 is 6.01. The zero-order valence-corrected chi connectivity index (χ0v) is 17.5. The average Bonchev–Trinajstić information content (AvgIpc) is 2.75. The number of nitrogens with zero attached hydrogens (tertiary/aromatic N) is 1. The molecule has 1 heterocycles. The Kier molecular flexibility index (Phi) is 5.85. The van der Waals surface area contributed by atoms with Gasteiger partial charge in [0.05, 0.1) is 18.2 Å². The first kappa shape index (κ1) is 20.4. The van der Waals surface area contributed by atoms with Gasteiger partial charge in [-0.3, -0.25) is 9.59 Å². The Bertz CT molecular complexity index is 1150. The molecule has 0 radical (unpaired) electrons. The standard InChI is InChI=1S/C26H24N2O3/c1-18-8-7-10-21(16-18)31-25-13-6-5-12-23(25)27-26(30)17-24-22-11-4-3-9-20(22)14-15-28(24)19(2)29/h3-16,24H,17H2,1-2H3,(H,27,30)/t24-/m0/s1. The molecule has 0 bridgehead atoms. The van der Waals surface area contributed by atoms with E-state index in [-0.39, 0.29) is 24.3 Å². The molecule has 0 saturated carbocycles. The molecular weight excluding hydrogens is 388 g/mol. The number of carbonyl (C=O) groups is 2. The Balaban J connectivity index is 1.54. The predicted octanol–water partition coefficient (Wildman–Crippen LogP) is 5.69. The van der Waals surface area contributed by atoms with Gasteiger partial charge < -0.3 is 15.0 Å². The highest BCUT2D eigenvalue weighted by molar-refractivity contribution is 5.93. The van der Waals surface area contributed by atoms with Crippen LogP contribution in [-0.4, -0.2) is 16.7 Å². The topological polar surface area (TPSA) is 58.6 Å². The van der Waals surface area contributed by atoms with Gasteiger partial charge in [-0.1, -0.05) is 48.5 Å². The molecule has 4 rings (SSSR count). The van der Waals surface area contributed by atoms with Crippen molar-refractivity contribution in [2.24, 2.45) is 0 Å².